The Morgan fingerprint density at radius 3 is 2.89 bits per heavy atom. The minimum absolute atomic E-state index is 0.0362. The molecule has 98 valence electrons. The van der Waals surface area contributed by atoms with Crippen molar-refractivity contribution in [1.29, 1.82) is 0 Å². The number of piperidine rings is 1. The minimum Gasteiger partial charge on any atom is -0.336 e. The molecule has 1 aliphatic rings. The van der Waals surface area contributed by atoms with Crippen molar-refractivity contribution in [3.05, 3.63) is 28.5 Å². The highest BCUT2D eigenvalue weighted by Gasteiger charge is 2.25. The van der Waals surface area contributed by atoms with Crippen LogP contribution in [0.5, 0.6) is 0 Å². The Kier molecular flexibility index (Phi) is 4.35. The lowest BCUT2D eigenvalue weighted by molar-refractivity contribution is 0.0629. The van der Waals surface area contributed by atoms with E-state index in [0.29, 0.717) is 11.7 Å². The van der Waals surface area contributed by atoms with Gasteiger partial charge in [0.1, 0.15) is 5.69 Å². The Labute approximate surface area is 116 Å². The molecule has 4 nitrogen and oxygen atoms in total. The van der Waals surface area contributed by atoms with Crippen molar-refractivity contribution in [3.8, 4) is 0 Å². The highest BCUT2D eigenvalue weighted by molar-refractivity contribution is 9.10. The van der Waals surface area contributed by atoms with Gasteiger partial charge >= 0.3 is 0 Å². The lowest BCUT2D eigenvalue weighted by Crippen LogP contribution is -2.47. The van der Waals surface area contributed by atoms with E-state index in [-0.39, 0.29) is 5.91 Å². The number of nitrogens with zero attached hydrogens (tertiary/aromatic N) is 3. The van der Waals surface area contributed by atoms with Crippen molar-refractivity contribution in [1.82, 2.24) is 14.8 Å². The Balaban J connectivity index is 2.06. The maximum Gasteiger partial charge on any atom is 0.272 e. The molecule has 1 fully saturated rings. The van der Waals surface area contributed by atoms with Crippen LogP contribution in [-0.2, 0) is 0 Å². The number of amides is 1. The van der Waals surface area contributed by atoms with Crippen LogP contribution >= 0.6 is 15.9 Å². The van der Waals surface area contributed by atoms with Gasteiger partial charge in [0.15, 0.2) is 0 Å². The molecule has 0 spiro atoms. The van der Waals surface area contributed by atoms with E-state index < -0.39 is 0 Å². The van der Waals surface area contributed by atoms with Crippen LogP contribution in [0.3, 0.4) is 0 Å². The van der Waals surface area contributed by atoms with Crippen LogP contribution in [0.4, 0.5) is 0 Å². The molecule has 0 N–H and O–H groups in total. The smallest absolute Gasteiger partial charge is 0.272 e. The van der Waals surface area contributed by atoms with Crippen LogP contribution in [0.25, 0.3) is 0 Å². The van der Waals surface area contributed by atoms with Crippen LogP contribution in [0.15, 0.2) is 22.8 Å². The Morgan fingerprint density at radius 2 is 2.28 bits per heavy atom. The predicted octanol–water partition coefficient (Wildman–Crippen LogP) is 2.01. The molecule has 0 saturated carbocycles. The third-order valence-corrected chi connectivity index (χ3v) is 3.83. The van der Waals surface area contributed by atoms with Crippen LogP contribution < -0.4 is 0 Å². The summed E-state index contributed by atoms with van der Waals surface area (Å²) in [7, 11) is 4.13. The van der Waals surface area contributed by atoms with Crippen LogP contribution in [-0.4, -0.2) is 53.9 Å². The lowest BCUT2D eigenvalue weighted by atomic mass is 10.0. The zero-order chi connectivity index (χ0) is 13.1. The summed E-state index contributed by atoms with van der Waals surface area (Å²) in [4.78, 5) is 20.6. The number of rotatable bonds is 2. The Bertz CT molecular complexity index is 419. The van der Waals surface area contributed by atoms with Gasteiger partial charge in [0, 0.05) is 29.8 Å². The van der Waals surface area contributed by atoms with Gasteiger partial charge in [0.2, 0.25) is 0 Å². The summed E-state index contributed by atoms with van der Waals surface area (Å²) in [6, 6.07) is 4.08. The van der Waals surface area contributed by atoms with Crippen molar-refractivity contribution in [3.63, 3.8) is 0 Å². The first kappa shape index (κ1) is 13.5. The lowest BCUT2D eigenvalue weighted by Gasteiger charge is -2.35. The minimum atomic E-state index is 0.0362. The number of hydrogen-bond donors (Lipinski definition) is 0. The summed E-state index contributed by atoms with van der Waals surface area (Å²) in [5.41, 5.74) is 0.526. The van der Waals surface area contributed by atoms with E-state index in [2.05, 4.69) is 39.9 Å². The quantitative estimate of drug-likeness (QED) is 0.838. The van der Waals surface area contributed by atoms with E-state index in [4.69, 9.17) is 0 Å². The van der Waals surface area contributed by atoms with Crippen molar-refractivity contribution in [2.45, 2.75) is 18.9 Å². The fourth-order valence-electron chi connectivity index (χ4n) is 2.23. The maximum absolute atomic E-state index is 12.3. The van der Waals surface area contributed by atoms with Gasteiger partial charge in [-0.05, 0) is 55.0 Å². The number of likely N-dealkylation sites (tertiary alicyclic amines) is 1. The van der Waals surface area contributed by atoms with Crippen molar-refractivity contribution < 1.29 is 4.79 Å². The van der Waals surface area contributed by atoms with Gasteiger partial charge in [-0.3, -0.25) is 4.79 Å². The van der Waals surface area contributed by atoms with Gasteiger partial charge in [-0.2, -0.15) is 0 Å². The van der Waals surface area contributed by atoms with Crippen LogP contribution in [0, 0.1) is 0 Å². The molecule has 1 aliphatic heterocycles. The monoisotopic (exact) mass is 311 g/mol. The van der Waals surface area contributed by atoms with E-state index in [1.54, 1.807) is 12.3 Å². The normalized spacial score (nSPS) is 20.2. The second kappa shape index (κ2) is 5.80. The molecule has 2 rings (SSSR count). The molecule has 1 atom stereocenters. The van der Waals surface area contributed by atoms with Gasteiger partial charge in [-0.25, -0.2) is 4.98 Å². The highest BCUT2D eigenvalue weighted by atomic mass is 79.9. The standard InChI is InChI=1S/C13H18BrN3O/c1-16(2)11-4-3-7-17(9-11)13(18)12-6-5-10(14)8-15-12/h5-6,8,11H,3-4,7,9H2,1-2H3/t11-/m0/s1. The van der Waals surface area contributed by atoms with Crippen molar-refractivity contribution in [2.75, 3.05) is 27.2 Å². The third-order valence-electron chi connectivity index (χ3n) is 3.36. The van der Waals surface area contributed by atoms with Crippen LogP contribution in [0.2, 0.25) is 0 Å². The Morgan fingerprint density at radius 1 is 1.50 bits per heavy atom. The highest BCUT2D eigenvalue weighted by Crippen LogP contribution is 2.16. The second-order valence-electron chi connectivity index (χ2n) is 4.87. The van der Waals surface area contributed by atoms with E-state index in [1.807, 2.05) is 11.0 Å². The predicted molar refractivity (Wildman–Crippen MR) is 74.5 cm³/mol. The first-order valence-corrected chi connectivity index (χ1v) is 6.94. The summed E-state index contributed by atoms with van der Waals surface area (Å²) in [5, 5.41) is 0. The first-order valence-electron chi connectivity index (χ1n) is 6.15. The van der Waals surface area contributed by atoms with Crippen molar-refractivity contribution in [2.24, 2.45) is 0 Å². The van der Waals surface area contributed by atoms with Gasteiger partial charge in [0.25, 0.3) is 5.91 Å². The number of aromatic nitrogens is 1. The van der Waals surface area contributed by atoms with E-state index in [0.717, 1.165) is 30.4 Å². The fraction of sp³-hybridized carbons (Fsp3) is 0.538. The van der Waals surface area contributed by atoms with Crippen LogP contribution in [0.1, 0.15) is 23.3 Å². The molecule has 0 radical (unpaired) electrons. The molecule has 1 aromatic rings. The molecule has 0 unspecified atom stereocenters. The molecule has 18 heavy (non-hydrogen) atoms. The molecule has 1 aromatic heterocycles. The SMILES string of the molecule is CN(C)[C@H]1CCCN(C(=O)c2ccc(Br)cn2)C1. The van der Waals surface area contributed by atoms with E-state index in [1.165, 1.54) is 0 Å². The molecule has 1 amide bonds. The zero-order valence-corrected chi connectivity index (χ0v) is 12.4. The van der Waals surface area contributed by atoms with Gasteiger partial charge in [-0.1, -0.05) is 0 Å². The molecule has 0 aliphatic carbocycles. The molecule has 1 saturated heterocycles. The number of pyridine rings is 1. The van der Waals surface area contributed by atoms with Gasteiger partial charge in [0.05, 0.1) is 0 Å². The number of halogens is 1. The van der Waals surface area contributed by atoms with Gasteiger partial charge < -0.3 is 9.80 Å². The maximum atomic E-state index is 12.3. The van der Waals surface area contributed by atoms with E-state index in [9.17, 15) is 4.79 Å². The fourth-order valence-corrected chi connectivity index (χ4v) is 2.46. The average molecular weight is 312 g/mol. The molecular weight excluding hydrogens is 294 g/mol. The number of likely N-dealkylation sites (N-methyl/N-ethyl adjacent to an activating group) is 1. The number of carbonyl (C=O) groups excluding carboxylic acids is 1. The number of carbonyl (C=O) groups is 1. The molecular formula is C13H18BrN3O. The summed E-state index contributed by atoms with van der Waals surface area (Å²) in [5.74, 6) is 0.0362. The largest absolute Gasteiger partial charge is 0.336 e. The zero-order valence-electron chi connectivity index (χ0n) is 10.8. The van der Waals surface area contributed by atoms with Gasteiger partial charge in [-0.15, -0.1) is 0 Å². The molecule has 2 heterocycles. The average Bonchev–Trinajstić information content (AvgIpc) is 2.39. The topological polar surface area (TPSA) is 36.4 Å². The summed E-state index contributed by atoms with van der Waals surface area (Å²) < 4.78 is 0.892. The summed E-state index contributed by atoms with van der Waals surface area (Å²) in [6.45, 7) is 1.63. The first-order chi connectivity index (χ1) is 8.58. The summed E-state index contributed by atoms with van der Waals surface area (Å²) >= 11 is 3.33. The molecule has 0 bridgehead atoms. The second-order valence-corrected chi connectivity index (χ2v) is 5.79. The number of hydrogen-bond acceptors (Lipinski definition) is 3. The van der Waals surface area contributed by atoms with E-state index >= 15 is 0 Å². The molecule has 5 heteroatoms. The Hall–Kier alpha value is -0.940. The molecule has 0 aromatic carbocycles. The summed E-state index contributed by atoms with van der Waals surface area (Å²) in [6.07, 6.45) is 3.89. The third kappa shape index (κ3) is 3.09. The van der Waals surface area contributed by atoms with Crippen molar-refractivity contribution >= 4 is 21.8 Å².